The van der Waals surface area contributed by atoms with Crippen molar-refractivity contribution in [1.82, 2.24) is 0 Å². The van der Waals surface area contributed by atoms with E-state index in [0.29, 0.717) is 0 Å². The van der Waals surface area contributed by atoms with Gasteiger partial charge in [0, 0.05) is 0 Å². The Hall–Kier alpha value is -3.87. The summed E-state index contributed by atoms with van der Waals surface area (Å²) < 4.78 is 0. The van der Waals surface area contributed by atoms with Gasteiger partial charge in [-0.25, -0.2) is 0 Å². The van der Waals surface area contributed by atoms with Gasteiger partial charge in [0.1, 0.15) is 0 Å². The highest BCUT2D eigenvalue weighted by atomic mass is 14.2. The van der Waals surface area contributed by atoms with Gasteiger partial charge in [0.05, 0.1) is 34.9 Å². The number of nitrogens with zero attached hydrogens (tertiary/aromatic N) is 3. The summed E-state index contributed by atoms with van der Waals surface area (Å²) in [7, 11) is 0. The lowest BCUT2D eigenvalue weighted by atomic mass is 10.2. The smallest absolute Gasteiger partial charge is 0.0991 e. The summed E-state index contributed by atoms with van der Waals surface area (Å²) in [5.41, 5.74) is 5.74. The van der Waals surface area contributed by atoms with Crippen LogP contribution in [0.3, 0.4) is 0 Å². The van der Waals surface area contributed by atoms with E-state index in [-0.39, 0.29) is 0 Å². The molecule has 0 heterocycles. The van der Waals surface area contributed by atoms with Crippen molar-refractivity contribution in [2.45, 2.75) is 20.8 Å². The molecule has 0 aliphatic heterocycles. The molecule has 0 aromatic heterocycles. The number of hydrogen-bond acceptors (Lipinski definition) is 3. The van der Waals surface area contributed by atoms with Crippen LogP contribution < -0.4 is 0 Å². The van der Waals surface area contributed by atoms with E-state index in [1.165, 1.54) is 16.7 Å². The molecule has 132 valence electrons. The molecule has 0 radical (unpaired) electrons. The monoisotopic (exact) mass is 351 g/mol. The first kappa shape index (κ1) is 21.2. The SMILES string of the molecule is Cc1ccc(C#N)cc1.Cc1ccc(C#N)cc1.Cc1ccc(C#N)cc1. The molecular weight excluding hydrogens is 330 g/mol. The molecule has 0 aliphatic carbocycles. The first-order chi connectivity index (χ1) is 13.0. The normalized spacial score (nSPS) is 8.44. The van der Waals surface area contributed by atoms with Crippen molar-refractivity contribution in [3.63, 3.8) is 0 Å². The fraction of sp³-hybridized carbons (Fsp3) is 0.125. The molecule has 3 heteroatoms. The molecule has 0 bridgehead atoms. The zero-order chi connectivity index (χ0) is 20.1. The van der Waals surface area contributed by atoms with Crippen molar-refractivity contribution in [3.8, 4) is 18.2 Å². The minimum absolute atomic E-state index is 0.723. The molecule has 0 unspecified atom stereocenters. The number of nitriles is 3. The molecule has 0 fully saturated rings. The average Bonchev–Trinajstić information content (AvgIpc) is 2.71. The van der Waals surface area contributed by atoms with E-state index >= 15 is 0 Å². The van der Waals surface area contributed by atoms with Crippen LogP contribution in [0.25, 0.3) is 0 Å². The summed E-state index contributed by atoms with van der Waals surface area (Å²) in [5.74, 6) is 0. The van der Waals surface area contributed by atoms with Crippen LogP contribution in [0.2, 0.25) is 0 Å². The molecule has 3 aromatic rings. The fourth-order valence-corrected chi connectivity index (χ4v) is 1.88. The van der Waals surface area contributed by atoms with E-state index < -0.39 is 0 Å². The topological polar surface area (TPSA) is 71.4 Å². The van der Waals surface area contributed by atoms with Gasteiger partial charge in [0.2, 0.25) is 0 Å². The lowest BCUT2D eigenvalue weighted by Gasteiger charge is -1.88. The predicted octanol–water partition coefficient (Wildman–Crippen LogP) is 5.60. The van der Waals surface area contributed by atoms with Gasteiger partial charge in [-0.05, 0) is 57.2 Å². The van der Waals surface area contributed by atoms with Crippen LogP contribution in [0, 0.1) is 54.8 Å². The summed E-state index contributed by atoms with van der Waals surface area (Å²) in [6, 6.07) is 28.6. The highest BCUT2D eigenvalue weighted by molar-refractivity contribution is 5.32. The van der Waals surface area contributed by atoms with Crippen LogP contribution in [0.5, 0.6) is 0 Å². The summed E-state index contributed by atoms with van der Waals surface area (Å²) in [5, 5.41) is 25.1. The van der Waals surface area contributed by atoms with Gasteiger partial charge in [-0.2, -0.15) is 15.8 Å². The Balaban J connectivity index is 0.000000202. The van der Waals surface area contributed by atoms with Gasteiger partial charge in [0.15, 0.2) is 0 Å². The van der Waals surface area contributed by atoms with Crippen LogP contribution >= 0.6 is 0 Å². The predicted molar refractivity (Wildman–Crippen MR) is 108 cm³/mol. The summed E-state index contributed by atoms with van der Waals surface area (Å²) >= 11 is 0. The van der Waals surface area contributed by atoms with Crippen LogP contribution in [0.15, 0.2) is 72.8 Å². The molecule has 3 nitrogen and oxygen atoms in total. The van der Waals surface area contributed by atoms with Crippen LogP contribution in [-0.2, 0) is 0 Å². The molecule has 0 spiro atoms. The molecule has 27 heavy (non-hydrogen) atoms. The molecule has 3 aromatic carbocycles. The molecule has 0 amide bonds. The number of rotatable bonds is 0. The van der Waals surface area contributed by atoms with Crippen molar-refractivity contribution in [2.24, 2.45) is 0 Å². The summed E-state index contributed by atoms with van der Waals surface area (Å²) in [6.07, 6.45) is 0. The Morgan fingerprint density at radius 1 is 0.407 bits per heavy atom. The van der Waals surface area contributed by atoms with Gasteiger partial charge in [-0.15, -0.1) is 0 Å². The molecule has 0 atom stereocenters. The third-order valence-electron chi connectivity index (χ3n) is 3.54. The largest absolute Gasteiger partial charge is 0.192 e. The fourth-order valence-electron chi connectivity index (χ4n) is 1.88. The Bertz CT molecular complexity index is 815. The quantitative estimate of drug-likeness (QED) is 0.529. The highest BCUT2D eigenvalue weighted by Gasteiger charge is 1.86. The van der Waals surface area contributed by atoms with Gasteiger partial charge < -0.3 is 0 Å². The minimum atomic E-state index is 0.723. The number of benzene rings is 3. The second-order valence-corrected chi connectivity index (χ2v) is 5.93. The molecule has 0 N–H and O–H groups in total. The zero-order valence-electron chi connectivity index (χ0n) is 15.8. The van der Waals surface area contributed by atoms with Crippen molar-refractivity contribution in [3.05, 3.63) is 106 Å². The second-order valence-electron chi connectivity index (χ2n) is 5.93. The van der Waals surface area contributed by atoms with Gasteiger partial charge in [-0.1, -0.05) is 53.1 Å². The van der Waals surface area contributed by atoms with Crippen molar-refractivity contribution >= 4 is 0 Å². The van der Waals surface area contributed by atoms with Crippen LogP contribution in [-0.4, -0.2) is 0 Å². The maximum absolute atomic E-state index is 8.38. The third kappa shape index (κ3) is 8.69. The van der Waals surface area contributed by atoms with Crippen LogP contribution in [0.4, 0.5) is 0 Å². The first-order valence-corrected chi connectivity index (χ1v) is 8.38. The van der Waals surface area contributed by atoms with Gasteiger partial charge in [0.25, 0.3) is 0 Å². The van der Waals surface area contributed by atoms with E-state index in [0.717, 1.165) is 16.7 Å². The molecule has 0 saturated carbocycles. The average molecular weight is 351 g/mol. The zero-order valence-corrected chi connectivity index (χ0v) is 15.8. The Kier molecular flexibility index (Phi) is 9.13. The minimum Gasteiger partial charge on any atom is -0.192 e. The van der Waals surface area contributed by atoms with E-state index in [1.807, 2.05) is 93.6 Å². The second kappa shape index (κ2) is 11.6. The van der Waals surface area contributed by atoms with E-state index in [4.69, 9.17) is 15.8 Å². The lowest BCUT2D eigenvalue weighted by molar-refractivity contribution is 1.43. The van der Waals surface area contributed by atoms with Crippen molar-refractivity contribution in [2.75, 3.05) is 0 Å². The van der Waals surface area contributed by atoms with E-state index in [9.17, 15) is 0 Å². The summed E-state index contributed by atoms with van der Waals surface area (Å²) in [6.45, 7) is 6.00. The van der Waals surface area contributed by atoms with Crippen molar-refractivity contribution < 1.29 is 0 Å². The van der Waals surface area contributed by atoms with E-state index in [2.05, 4.69) is 18.2 Å². The maximum atomic E-state index is 8.38. The van der Waals surface area contributed by atoms with E-state index in [1.54, 1.807) is 0 Å². The lowest BCUT2D eigenvalue weighted by Crippen LogP contribution is -1.72. The third-order valence-corrected chi connectivity index (χ3v) is 3.54. The maximum Gasteiger partial charge on any atom is 0.0991 e. The Morgan fingerprint density at radius 3 is 0.741 bits per heavy atom. The highest BCUT2D eigenvalue weighted by Crippen LogP contribution is 2.01. The van der Waals surface area contributed by atoms with Crippen LogP contribution in [0.1, 0.15) is 33.4 Å². The number of aryl methyl sites for hydroxylation is 3. The number of hydrogen-bond donors (Lipinski definition) is 0. The Morgan fingerprint density at radius 2 is 0.593 bits per heavy atom. The molecule has 0 aliphatic rings. The standard InChI is InChI=1S/3C8H7N/c3*1-7-2-4-8(6-9)5-3-7/h3*2-5H,1H3. The summed E-state index contributed by atoms with van der Waals surface area (Å²) in [4.78, 5) is 0. The molecule has 0 saturated heterocycles. The molecular formula is C24H21N3. The molecule has 3 rings (SSSR count). The van der Waals surface area contributed by atoms with Gasteiger partial charge >= 0.3 is 0 Å². The Labute approximate surface area is 161 Å². The first-order valence-electron chi connectivity index (χ1n) is 8.38. The van der Waals surface area contributed by atoms with Crippen molar-refractivity contribution in [1.29, 1.82) is 15.8 Å². The van der Waals surface area contributed by atoms with Gasteiger partial charge in [-0.3, -0.25) is 0 Å².